The number of nitrogens with zero attached hydrogens (tertiary/aromatic N) is 4. The first-order chi connectivity index (χ1) is 16.2. The van der Waals surface area contributed by atoms with Crippen molar-refractivity contribution < 1.29 is 22.7 Å². The predicted molar refractivity (Wildman–Crippen MR) is 128 cm³/mol. The molecule has 2 aliphatic heterocycles. The number of hydrogen-bond donors (Lipinski definition) is 0. The highest BCUT2D eigenvalue weighted by atomic mass is 32.2. The molecule has 9 nitrogen and oxygen atoms in total. The van der Waals surface area contributed by atoms with Crippen molar-refractivity contribution in [1.82, 2.24) is 13.9 Å². The smallest absolute Gasteiger partial charge is 0.343 e. The summed E-state index contributed by atoms with van der Waals surface area (Å²) in [5.41, 5.74) is 2.00. The third-order valence-electron chi connectivity index (χ3n) is 6.22. The minimum absolute atomic E-state index is 0.0855. The zero-order chi connectivity index (χ0) is 24.3. The number of aromatic nitrogens is 2. The fourth-order valence-corrected chi connectivity index (χ4v) is 6.84. The van der Waals surface area contributed by atoms with Crippen LogP contribution in [0.1, 0.15) is 25.6 Å². The second-order valence-electron chi connectivity index (χ2n) is 8.37. The third-order valence-corrected chi connectivity index (χ3v) is 9.49. The number of benzene rings is 2. The number of imidazole rings is 1. The molecule has 1 aromatic heterocycles. The van der Waals surface area contributed by atoms with Crippen molar-refractivity contribution in [3.63, 3.8) is 0 Å². The van der Waals surface area contributed by atoms with E-state index >= 15 is 0 Å². The van der Waals surface area contributed by atoms with Gasteiger partial charge >= 0.3 is 5.97 Å². The average Bonchev–Trinajstić information content (AvgIpc) is 3.46. The van der Waals surface area contributed by atoms with Gasteiger partial charge in [-0.15, -0.1) is 0 Å². The molecule has 3 heterocycles. The summed E-state index contributed by atoms with van der Waals surface area (Å²) in [5.74, 6) is -0.0620. The van der Waals surface area contributed by atoms with Crippen LogP contribution in [0.4, 0.5) is 5.69 Å². The van der Waals surface area contributed by atoms with E-state index in [1.54, 1.807) is 17.0 Å². The molecule has 3 aromatic rings. The molecule has 5 rings (SSSR count). The molecule has 178 valence electrons. The number of para-hydroxylation sites is 1. The van der Waals surface area contributed by atoms with Crippen LogP contribution in [0.25, 0.3) is 11.0 Å². The van der Waals surface area contributed by atoms with Crippen LogP contribution in [-0.4, -0.2) is 53.1 Å². The zero-order valence-electron chi connectivity index (χ0n) is 19.0. The first-order valence-corrected chi connectivity index (χ1v) is 13.1. The Bertz CT molecular complexity index is 1430. The zero-order valence-corrected chi connectivity index (χ0v) is 20.6. The summed E-state index contributed by atoms with van der Waals surface area (Å²) in [5, 5.41) is 0. The number of rotatable bonds is 6. The number of amides is 1. The number of fused-ring (bicyclic) bond motifs is 4. The molecule has 0 unspecified atom stereocenters. The highest BCUT2D eigenvalue weighted by Crippen LogP contribution is 2.56. The largest absolute Gasteiger partial charge is 0.455 e. The van der Waals surface area contributed by atoms with Crippen molar-refractivity contribution >= 4 is 50.4 Å². The second kappa shape index (κ2) is 8.10. The Morgan fingerprint density at radius 3 is 2.74 bits per heavy atom. The molecular weight excluding hydrogens is 476 g/mol. The van der Waals surface area contributed by atoms with Gasteiger partial charge in [0.2, 0.25) is 15.9 Å². The molecule has 0 aliphatic carbocycles. The van der Waals surface area contributed by atoms with E-state index in [0.29, 0.717) is 24.3 Å². The van der Waals surface area contributed by atoms with Gasteiger partial charge in [0.1, 0.15) is 12.4 Å². The van der Waals surface area contributed by atoms with E-state index in [-0.39, 0.29) is 23.8 Å². The molecule has 2 aromatic carbocycles. The number of esters is 1. The van der Waals surface area contributed by atoms with Gasteiger partial charge in [-0.05, 0) is 37.3 Å². The number of carbonyl (C=O) groups is 2. The number of aryl methyl sites for hydroxylation is 1. The van der Waals surface area contributed by atoms with Crippen molar-refractivity contribution in [3.05, 3.63) is 48.3 Å². The second-order valence-corrected chi connectivity index (χ2v) is 11.8. The van der Waals surface area contributed by atoms with E-state index in [0.717, 1.165) is 20.4 Å². The molecule has 0 N–H and O–H groups in total. The van der Waals surface area contributed by atoms with Crippen LogP contribution >= 0.6 is 11.8 Å². The fraction of sp³-hybridized carbons (Fsp3) is 0.348. The maximum Gasteiger partial charge on any atom is 0.343 e. The SMILES string of the molecule is CCn1c(COC(=O)[C@]23CCC(=O)N2c2ccccc2S3)nc2cc(S(=O)(=O)N(C)C)ccc21. The van der Waals surface area contributed by atoms with Crippen LogP contribution in [-0.2, 0) is 37.5 Å². The number of carbonyl (C=O) groups excluding carboxylic acids is 2. The van der Waals surface area contributed by atoms with Gasteiger partial charge in [0, 0.05) is 38.4 Å². The molecule has 1 saturated heterocycles. The lowest BCUT2D eigenvalue weighted by Crippen LogP contribution is -2.47. The van der Waals surface area contributed by atoms with E-state index < -0.39 is 20.9 Å². The molecule has 34 heavy (non-hydrogen) atoms. The Morgan fingerprint density at radius 1 is 1.24 bits per heavy atom. The number of ether oxygens (including phenoxy) is 1. The molecule has 0 saturated carbocycles. The van der Waals surface area contributed by atoms with E-state index in [9.17, 15) is 18.0 Å². The Hall–Kier alpha value is -2.89. The normalized spacial score (nSPS) is 19.6. The lowest BCUT2D eigenvalue weighted by Gasteiger charge is -2.28. The lowest BCUT2D eigenvalue weighted by molar-refractivity contribution is -0.148. The van der Waals surface area contributed by atoms with E-state index in [1.807, 2.05) is 35.8 Å². The molecule has 0 spiro atoms. The van der Waals surface area contributed by atoms with Gasteiger partial charge in [-0.1, -0.05) is 23.9 Å². The van der Waals surface area contributed by atoms with Crippen LogP contribution in [0.15, 0.2) is 52.3 Å². The van der Waals surface area contributed by atoms with Gasteiger partial charge < -0.3 is 9.30 Å². The van der Waals surface area contributed by atoms with Gasteiger partial charge in [-0.3, -0.25) is 9.69 Å². The first kappa shape index (κ1) is 22.9. The average molecular weight is 501 g/mol. The quantitative estimate of drug-likeness (QED) is 0.480. The molecule has 1 amide bonds. The molecule has 0 bridgehead atoms. The maximum atomic E-state index is 13.4. The van der Waals surface area contributed by atoms with Gasteiger partial charge in [-0.2, -0.15) is 0 Å². The molecular formula is C23H24N4O5S2. The summed E-state index contributed by atoms with van der Waals surface area (Å²) in [6.07, 6.45) is 0.660. The molecule has 11 heteroatoms. The van der Waals surface area contributed by atoms with Crippen LogP contribution in [0.5, 0.6) is 0 Å². The van der Waals surface area contributed by atoms with Gasteiger partial charge in [0.05, 0.1) is 21.6 Å². The Balaban J connectivity index is 1.43. The topological polar surface area (TPSA) is 102 Å². The third kappa shape index (κ3) is 3.33. The standard InChI is InChI=1S/C23H24N4O5S2/c1-4-26-17-10-9-15(34(30,31)25(2)3)13-16(17)24-20(26)14-32-22(29)23-12-11-21(28)27(23)18-7-5-6-8-19(18)33-23/h5-10,13H,4,11-12,14H2,1-3H3/t23-/m1/s1. The highest BCUT2D eigenvalue weighted by molar-refractivity contribution is 8.02. The van der Waals surface area contributed by atoms with Crippen LogP contribution in [0.2, 0.25) is 0 Å². The first-order valence-electron chi connectivity index (χ1n) is 10.9. The lowest BCUT2D eigenvalue weighted by atomic mass is 10.2. The van der Waals surface area contributed by atoms with E-state index in [2.05, 4.69) is 4.98 Å². The van der Waals surface area contributed by atoms with Crippen LogP contribution in [0.3, 0.4) is 0 Å². The van der Waals surface area contributed by atoms with Crippen molar-refractivity contribution in [2.24, 2.45) is 0 Å². The van der Waals surface area contributed by atoms with Crippen molar-refractivity contribution in [1.29, 1.82) is 0 Å². The van der Waals surface area contributed by atoms with Gasteiger partial charge in [0.25, 0.3) is 0 Å². The summed E-state index contributed by atoms with van der Waals surface area (Å²) in [6, 6.07) is 12.3. The van der Waals surface area contributed by atoms with E-state index in [1.165, 1.54) is 31.9 Å². The molecule has 2 aliphatic rings. The highest BCUT2D eigenvalue weighted by Gasteiger charge is 2.58. The van der Waals surface area contributed by atoms with Crippen LogP contribution in [0, 0.1) is 0 Å². The Labute approximate surface area is 201 Å². The van der Waals surface area contributed by atoms with E-state index in [4.69, 9.17) is 4.74 Å². The number of thioether (sulfide) groups is 1. The maximum absolute atomic E-state index is 13.4. The summed E-state index contributed by atoms with van der Waals surface area (Å²) in [6.45, 7) is 2.42. The number of anilines is 1. The van der Waals surface area contributed by atoms with Crippen LogP contribution < -0.4 is 4.90 Å². The molecule has 0 radical (unpaired) electrons. The molecule has 1 fully saturated rings. The van der Waals surface area contributed by atoms with Gasteiger partial charge in [0.15, 0.2) is 4.87 Å². The fourth-order valence-electron chi connectivity index (χ4n) is 4.51. The minimum Gasteiger partial charge on any atom is -0.455 e. The minimum atomic E-state index is -3.60. The monoisotopic (exact) mass is 500 g/mol. The summed E-state index contributed by atoms with van der Waals surface area (Å²) in [7, 11) is -0.645. The number of sulfonamides is 1. The summed E-state index contributed by atoms with van der Waals surface area (Å²) < 4.78 is 33.8. The van der Waals surface area contributed by atoms with Gasteiger partial charge in [-0.25, -0.2) is 22.5 Å². The van der Waals surface area contributed by atoms with Crippen molar-refractivity contribution in [2.75, 3.05) is 19.0 Å². The predicted octanol–water partition coefficient (Wildman–Crippen LogP) is 2.98. The molecule has 1 atom stereocenters. The Morgan fingerprint density at radius 2 is 2.00 bits per heavy atom. The van der Waals surface area contributed by atoms with Crippen molar-refractivity contribution in [3.8, 4) is 0 Å². The number of hydrogen-bond acceptors (Lipinski definition) is 7. The summed E-state index contributed by atoms with van der Waals surface area (Å²) in [4.78, 5) is 32.0. The van der Waals surface area contributed by atoms with Crippen molar-refractivity contribution in [2.45, 2.75) is 47.6 Å². The Kier molecular flexibility index (Phi) is 5.45. The summed E-state index contributed by atoms with van der Waals surface area (Å²) >= 11 is 1.36.